The summed E-state index contributed by atoms with van der Waals surface area (Å²) < 4.78 is 4.74. The average Bonchev–Trinajstić information content (AvgIpc) is 2.72. The lowest BCUT2D eigenvalue weighted by atomic mass is 10.1. The molecule has 1 saturated heterocycles. The van der Waals surface area contributed by atoms with Crippen molar-refractivity contribution in [1.82, 2.24) is 15.6 Å². The highest BCUT2D eigenvalue weighted by atomic mass is 16.3. The first-order valence-corrected chi connectivity index (χ1v) is 4.76. The van der Waals surface area contributed by atoms with E-state index in [9.17, 15) is 4.79 Å². The molecule has 1 aliphatic rings. The number of carbonyl (C=O) groups is 1. The molecule has 5 heteroatoms. The molecule has 0 bridgehead atoms. The Kier molecular flexibility index (Phi) is 2.78. The number of oxazole rings is 1. The number of rotatable bonds is 2. The van der Waals surface area contributed by atoms with Crippen LogP contribution < -0.4 is 10.6 Å². The number of aromatic nitrogens is 1. The van der Waals surface area contributed by atoms with E-state index in [0.717, 1.165) is 25.9 Å². The van der Waals surface area contributed by atoms with Gasteiger partial charge >= 0.3 is 0 Å². The van der Waals surface area contributed by atoms with Crippen LogP contribution in [0.5, 0.6) is 0 Å². The van der Waals surface area contributed by atoms with Gasteiger partial charge in [0.1, 0.15) is 6.26 Å². The van der Waals surface area contributed by atoms with Crippen LogP contribution in [0.25, 0.3) is 0 Å². The first-order valence-electron chi connectivity index (χ1n) is 4.76. The Labute approximate surface area is 81.9 Å². The topological polar surface area (TPSA) is 67.2 Å². The van der Waals surface area contributed by atoms with Crippen molar-refractivity contribution in [3.63, 3.8) is 0 Å². The number of hydrogen-bond acceptors (Lipinski definition) is 4. The van der Waals surface area contributed by atoms with Crippen molar-refractivity contribution < 1.29 is 9.21 Å². The minimum absolute atomic E-state index is 0.160. The quantitative estimate of drug-likeness (QED) is 0.705. The van der Waals surface area contributed by atoms with E-state index in [-0.39, 0.29) is 11.9 Å². The first kappa shape index (κ1) is 9.21. The van der Waals surface area contributed by atoms with Gasteiger partial charge in [0.05, 0.1) is 0 Å². The van der Waals surface area contributed by atoms with Crippen molar-refractivity contribution in [1.29, 1.82) is 0 Å². The largest absolute Gasteiger partial charge is 0.451 e. The standard InChI is InChI=1S/C9H13N3O2/c13-9(8-5-14-6-11-8)12-7-2-1-3-10-4-7/h5-7,10H,1-4H2,(H,12,13). The van der Waals surface area contributed by atoms with Crippen molar-refractivity contribution in [3.05, 3.63) is 18.4 Å². The first-order chi connectivity index (χ1) is 6.86. The Morgan fingerprint density at radius 1 is 1.71 bits per heavy atom. The monoisotopic (exact) mass is 195 g/mol. The summed E-state index contributed by atoms with van der Waals surface area (Å²) in [6.45, 7) is 1.87. The van der Waals surface area contributed by atoms with Gasteiger partial charge in [0.15, 0.2) is 12.1 Å². The zero-order chi connectivity index (χ0) is 9.80. The van der Waals surface area contributed by atoms with Crippen LogP contribution in [0.1, 0.15) is 23.3 Å². The number of amides is 1. The van der Waals surface area contributed by atoms with E-state index in [4.69, 9.17) is 4.42 Å². The lowest BCUT2D eigenvalue weighted by molar-refractivity contribution is 0.0925. The molecule has 0 saturated carbocycles. The van der Waals surface area contributed by atoms with Crippen LogP contribution in [0.3, 0.4) is 0 Å². The van der Waals surface area contributed by atoms with Crippen molar-refractivity contribution in [2.75, 3.05) is 13.1 Å². The molecule has 76 valence electrons. The van der Waals surface area contributed by atoms with Gasteiger partial charge in [-0.2, -0.15) is 0 Å². The number of nitrogens with zero attached hydrogens (tertiary/aromatic N) is 1. The third-order valence-corrected chi connectivity index (χ3v) is 2.30. The molecule has 1 aromatic rings. The molecular formula is C9H13N3O2. The molecule has 1 unspecified atom stereocenters. The summed E-state index contributed by atoms with van der Waals surface area (Å²) in [5.41, 5.74) is 0.343. The lowest BCUT2D eigenvalue weighted by Gasteiger charge is -2.23. The van der Waals surface area contributed by atoms with Crippen LogP contribution in [0, 0.1) is 0 Å². The molecule has 14 heavy (non-hydrogen) atoms. The Morgan fingerprint density at radius 3 is 3.29 bits per heavy atom. The molecule has 5 nitrogen and oxygen atoms in total. The van der Waals surface area contributed by atoms with Crippen LogP contribution in [0.15, 0.2) is 17.1 Å². The third kappa shape index (κ3) is 2.11. The molecule has 0 radical (unpaired) electrons. The molecule has 1 aliphatic heterocycles. The Bertz CT molecular complexity index is 291. The normalized spacial score (nSPS) is 21.9. The third-order valence-electron chi connectivity index (χ3n) is 2.30. The van der Waals surface area contributed by atoms with Gasteiger partial charge in [-0.05, 0) is 19.4 Å². The van der Waals surface area contributed by atoms with Crippen LogP contribution in [-0.2, 0) is 0 Å². The van der Waals surface area contributed by atoms with Crippen molar-refractivity contribution in [3.8, 4) is 0 Å². The fourth-order valence-corrected chi connectivity index (χ4v) is 1.56. The molecule has 2 heterocycles. The van der Waals surface area contributed by atoms with E-state index < -0.39 is 0 Å². The molecule has 1 aromatic heterocycles. The highest BCUT2D eigenvalue weighted by Gasteiger charge is 2.17. The minimum atomic E-state index is -0.160. The molecule has 2 N–H and O–H groups in total. The van der Waals surface area contributed by atoms with Gasteiger partial charge in [-0.3, -0.25) is 4.79 Å². The second kappa shape index (κ2) is 4.23. The number of hydrogen-bond donors (Lipinski definition) is 2. The van der Waals surface area contributed by atoms with Crippen LogP contribution in [0.2, 0.25) is 0 Å². The molecule has 2 rings (SSSR count). The zero-order valence-electron chi connectivity index (χ0n) is 7.82. The second-order valence-corrected chi connectivity index (χ2v) is 3.39. The summed E-state index contributed by atoms with van der Waals surface area (Å²) in [4.78, 5) is 15.3. The predicted octanol–water partition coefficient (Wildman–Crippen LogP) is 0.156. The van der Waals surface area contributed by atoms with Crippen LogP contribution in [0.4, 0.5) is 0 Å². The lowest BCUT2D eigenvalue weighted by Crippen LogP contribution is -2.45. The molecule has 1 amide bonds. The SMILES string of the molecule is O=C(NC1CCCNC1)c1cocn1. The maximum Gasteiger partial charge on any atom is 0.273 e. The Hall–Kier alpha value is -1.36. The van der Waals surface area contributed by atoms with Crippen LogP contribution in [-0.4, -0.2) is 30.0 Å². The van der Waals surface area contributed by atoms with E-state index in [1.54, 1.807) is 0 Å². The van der Waals surface area contributed by atoms with Crippen molar-refractivity contribution in [2.45, 2.75) is 18.9 Å². The molecular weight excluding hydrogens is 182 g/mol. The summed E-state index contributed by atoms with van der Waals surface area (Å²) >= 11 is 0. The minimum Gasteiger partial charge on any atom is -0.451 e. The second-order valence-electron chi connectivity index (χ2n) is 3.39. The molecule has 1 fully saturated rings. The van der Waals surface area contributed by atoms with Gasteiger partial charge in [-0.15, -0.1) is 0 Å². The van der Waals surface area contributed by atoms with E-state index in [1.165, 1.54) is 12.7 Å². The molecule has 0 aromatic carbocycles. The number of piperidine rings is 1. The van der Waals surface area contributed by atoms with E-state index in [1.807, 2.05) is 0 Å². The summed E-state index contributed by atoms with van der Waals surface area (Å²) in [6.07, 6.45) is 4.74. The van der Waals surface area contributed by atoms with Gasteiger partial charge < -0.3 is 15.1 Å². The highest BCUT2D eigenvalue weighted by molar-refractivity contribution is 5.92. The zero-order valence-corrected chi connectivity index (χ0v) is 7.82. The fraction of sp³-hybridized carbons (Fsp3) is 0.556. The summed E-state index contributed by atoms with van der Waals surface area (Å²) in [6, 6.07) is 0.216. The maximum atomic E-state index is 11.5. The van der Waals surface area contributed by atoms with E-state index in [0.29, 0.717) is 5.69 Å². The fourth-order valence-electron chi connectivity index (χ4n) is 1.56. The summed E-state index contributed by atoms with van der Waals surface area (Å²) in [5, 5.41) is 6.12. The molecule has 0 aliphatic carbocycles. The van der Waals surface area contributed by atoms with Crippen LogP contribution >= 0.6 is 0 Å². The molecule has 0 spiro atoms. The summed E-state index contributed by atoms with van der Waals surface area (Å²) in [7, 11) is 0. The maximum absolute atomic E-state index is 11.5. The predicted molar refractivity (Wildman–Crippen MR) is 49.9 cm³/mol. The number of nitrogens with one attached hydrogen (secondary N) is 2. The Balaban J connectivity index is 1.87. The Morgan fingerprint density at radius 2 is 2.64 bits per heavy atom. The average molecular weight is 195 g/mol. The van der Waals surface area contributed by atoms with E-state index >= 15 is 0 Å². The van der Waals surface area contributed by atoms with Gasteiger partial charge in [0.25, 0.3) is 5.91 Å². The van der Waals surface area contributed by atoms with Crippen molar-refractivity contribution >= 4 is 5.91 Å². The molecule has 1 atom stereocenters. The van der Waals surface area contributed by atoms with Gasteiger partial charge in [0.2, 0.25) is 0 Å². The number of carbonyl (C=O) groups excluding carboxylic acids is 1. The van der Waals surface area contributed by atoms with Crippen molar-refractivity contribution in [2.24, 2.45) is 0 Å². The summed E-state index contributed by atoms with van der Waals surface area (Å²) in [5.74, 6) is -0.160. The smallest absolute Gasteiger partial charge is 0.273 e. The van der Waals surface area contributed by atoms with Gasteiger partial charge in [0, 0.05) is 12.6 Å². The highest BCUT2D eigenvalue weighted by Crippen LogP contribution is 2.02. The van der Waals surface area contributed by atoms with Gasteiger partial charge in [-0.25, -0.2) is 4.98 Å². The van der Waals surface area contributed by atoms with Gasteiger partial charge in [-0.1, -0.05) is 0 Å². The van der Waals surface area contributed by atoms with E-state index in [2.05, 4.69) is 15.6 Å².